The molecule has 2 heterocycles. The third-order valence-electron chi connectivity index (χ3n) is 4.19. The average molecular weight is 430 g/mol. The molecule has 10 heteroatoms. The summed E-state index contributed by atoms with van der Waals surface area (Å²) in [7, 11) is 0. The third kappa shape index (κ3) is 4.38. The van der Waals surface area contributed by atoms with Crippen LogP contribution in [-0.2, 0) is 19.1 Å². The van der Waals surface area contributed by atoms with E-state index in [9.17, 15) is 24.0 Å². The minimum absolute atomic E-state index is 0.192. The second kappa shape index (κ2) is 8.87. The van der Waals surface area contributed by atoms with E-state index in [-0.39, 0.29) is 28.3 Å². The predicted molar refractivity (Wildman–Crippen MR) is 106 cm³/mol. The van der Waals surface area contributed by atoms with Crippen LogP contribution in [-0.4, -0.2) is 54.3 Å². The number of rotatable bonds is 7. The lowest BCUT2D eigenvalue weighted by atomic mass is 10.1. The summed E-state index contributed by atoms with van der Waals surface area (Å²) in [6, 6.07) is 6.32. The van der Waals surface area contributed by atoms with Gasteiger partial charge in [0.25, 0.3) is 17.7 Å². The fraction of sp³-hybridized carbons (Fsp3) is 0.250. The lowest BCUT2D eigenvalue weighted by Crippen LogP contribution is -2.36. The number of anilines is 1. The van der Waals surface area contributed by atoms with E-state index >= 15 is 0 Å². The van der Waals surface area contributed by atoms with E-state index in [0.717, 1.165) is 21.8 Å². The van der Waals surface area contributed by atoms with Crippen molar-refractivity contribution in [2.24, 2.45) is 0 Å². The molecule has 9 nitrogen and oxygen atoms in total. The van der Waals surface area contributed by atoms with E-state index in [0.29, 0.717) is 0 Å². The number of aryl methyl sites for hydroxylation is 1. The van der Waals surface area contributed by atoms with Gasteiger partial charge in [0.2, 0.25) is 0 Å². The fourth-order valence-corrected chi connectivity index (χ4v) is 3.60. The Hall–Kier alpha value is -3.53. The van der Waals surface area contributed by atoms with Crippen molar-refractivity contribution < 1.29 is 33.4 Å². The average Bonchev–Trinajstić information content (AvgIpc) is 3.25. The number of ether oxygens (including phenoxy) is 2. The van der Waals surface area contributed by atoms with E-state index in [1.807, 2.05) is 0 Å². The van der Waals surface area contributed by atoms with E-state index in [1.165, 1.54) is 12.1 Å². The maximum absolute atomic E-state index is 12.4. The third-order valence-corrected chi connectivity index (χ3v) is 5.02. The summed E-state index contributed by atoms with van der Waals surface area (Å²) in [5, 5.41) is 4.35. The number of nitrogens with one attached hydrogen (secondary N) is 1. The number of carbonyl (C=O) groups excluding carboxylic acids is 5. The van der Waals surface area contributed by atoms with Gasteiger partial charge in [-0.25, -0.2) is 4.79 Å². The van der Waals surface area contributed by atoms with Crippen LogP contribution in [0.1, 0.15) is 43.6 Å². The quantitative estimate of drug-likeness (QED) is 0.527. The minimum atomic E-state index is -0.909. The Balaban J connectivity index is 1.54. The topological polar surface area (TPSA) is 119 Å². The summed E-state index contributed by atoms with van der Waals surface area (Å²) >= 11 is 1.12. The molecule has 3 amide bonds. The molecule has 1 aromatic heterocycles. The Morgan fingerprint density at radius 3 is 2.53 bits per heavy atom. The van der Waals surface area contributed by atoms with E-state index in [4.69, 9.17) is 9.47 Å². The molecule has 2 aromatic rings. The van der Waals surface area contributed by atoms with E-state index in [2.05, 4.69) is 5.32 Å². The van der Waals surface area contributed by atoms with Crippen LogP contribution in [0.4, 0.5) is 5.00 Å². The first-order valence-corrected chi connectivity index (χ1v) is 9.86. The molecular formula is C20H18N2O7S. The van der Waals surface area contributed by atoms with Crippen LogP contribution in [0.5, 0.6) is 0 Å². The number of hydrogen-bond donors (Lipinski definition) is 1. The predicted octanol–water partition coefficient (Wildman–Crippen LogP) is 2.01. The van der Waals surface area contributed by atoms with E-state index in [1.54, 1.807) is 31.4 Å². The van der Waals surface area contributed by atoms with Gasteiger partial charge in [-0.2, -0.15) is 0 Å². The summed E-state index contributed by atoms with van der Waals surface area (Å²) in [5.41, 5.74) is 1.46. The summed E-state index contributed by atoms with van der Waals surface area (Å²) in [5.74, 6) is -3.33. The first-order chi connectivity index (χ1) is 14.3. The van der Waals surface area contributed by atoms with Gasteiger partial charge in [0.15, 0.2) is 6.61 Å². The molecule has 0 aliphatic carbocycles. The molecular weight excluding hydrogens is 412 g/mol. The molecule has 1 aliphatic rings. The number of esters is 2. The summed E-state index contributed by atoms with van der Waals surface area (Å²) in [6.45, 7) is 2.40. The van der Waals surface area contributed by atoms with Gasteiger partial charge in [-0.3, -0.25) is 24.1 Å². The maximum Gasteiger partial charge on any atom is 0.341 e. The smallest absolute Gasteiger partial charge is 0.341 e. The van der Waals surface area contributed by atoms with Crippen molar-refractivity contribution >= 4 is 46.0 Å². The van der Waals surface area contributed by atoms with Crippen molar-refractivity contribution in [2.45, 2.75) is 13.8 Å². The van der Waals surface area contributed by atoms with Gasteiger partial charge >= 0.3 is 11.9 Å². The summed E-state index contributed by atoms with van der Waals surface area (Å²) in [4.78, 5) is 61.4. The molecule has 30 heavy (non-hydrogen) atoms. The number of hydrogen-bond acceptors (Lipinski definition) is 8. The Kier molecular flexibility index (Phi) is 6.26. The van der Waals surface area contributed by atoms with Gasteiger partial charge in [-0.05, 0) is 37.4 Å². The van der Waals surface area contributed by atoms with Crippen LogP contribution in [0.2, 0.25) is 0 Å². The van der Waals surface area contributed by atoms with Gasteiger partial charge in [0.05, 0.1) is 23.3 Å². The van der Waals surface area contributed by atoms with Crippen molar-refractivity contribution in [3.05, 3.63) is 51.9 Å². The maximum atomic E-state index is 12.4. The van der Waals surface area contributed by atoms with Crippen molar-refractivity contribution in [3.8, 4) is 0 Å². The number of amides is 3. The molecule has 0 fully saturated rings. The molecule has 1 aromatic carbocycles. The Morgan fingerprint density at radius 1 is 1.07 bits per heavy atom. The lowest BCUT2D eigenvalue weighted by molar-refractivity contribution is -0.147. The lowest BCUT2D eigenvalue weighted by Gasteiger charge is -2.13. The Labute approximate surface area is 175 Å². The first kappa shape index (κ1) is 21.2. The van der Waals surface area contributed by atoms with Crippen molar-refractivity contribution in [2.75, 3.05) is 25.1 Å². The van der Waals surface area contributed by atoms with Crippen LogP contribution in [0, 0.1) is 6.92 Å². The minimum Gasteiger partial charge on any atom is -0.462 e. The highest BCUT2D eigenvalue weighted by atomic mass is 32.1. The molecule has 0 spiro atoms. The SMILES string of the molecule is CCOC(=O)c1ccsc1NC(=O)COC(=O)CN1C(=O)c2ccc(C)cc2C1=O. The highest BCUT2D eigenvalue weighted by Crippen LogP contribution is 2.25. The largest absolute Gasteiger partial charge is 0.462 e. The molecule has 156 valence electrons. The molecule has 0 bridgehead atoms. The zero-order chi connectivity index (χ0) is 21.8. The van der Waals surface area contributed by atoms with Gasteiger partial charge in [-0.15, -0.1) is 11.3 Å². The molecule has 0 saturated heterocycles. The van der Waals surface area contributed by atoms with Crippen LogP contribution >= 0.6 is 11.3 Å². The number of nitrogens with zero attached hydrogens (tertiary/aromatic N) is 1. The number of benzene rings is 1. The summed E-state index contributed by atoms with van der Waals surface area (Å²) in [6.07, 6.45) is 0. The zero-order valence-electron chi connectivity index (χ0n) is 16.2. The molecule has 1 N–H and O–H groups in total. The molecule has 3 rings (SSSR count). The highest BCUT2D eigenvalue weighted by Gasteiger charge is 2.37. The van der Waals surface area contributed by atoms with Gasteiger partial charge < -0.3 is 14.8 Å². The molecule has 1 aliphatic heterocycles. The second-order valence-corrected chi connectivity index (χ2v) is 7.25. The Bertz CT molecular complexity index is 1040. The monoisotopic (exact) mass is 430 g/mol. The van der Waals surface area contributed by atoms with Crippen molar-refractivity contribution in [1.82, 2.24) is 4.90 Å². The first-order valence-electron chi connectivity index (χ1n) is 8.98. The number of carbonyl (C=O) groups is 5. The number of imide groups is 1. The molecule has 0 unspecified atom stereocenters. The van der Waals surface area contributed by atoms with Gasteiger partial charge in [0.1, 0.15) is 11.5 Å². The fourth-order valence-electron chi connectivity index (χ4n) is 2.81. The molecule has 0 atom stereocenters. The highest BCUT2D eigenvalue weighted by molar-refractivity contribution is 7.14. The van der Waals surface area contributed by atoms with Crippen molar-refractivity contribution in [1.29, 1.82) is 0 Å². The van der Waals surface area contributed by atoms with Gasteiger partial charge in [-0.1, -0.05) is 11.6 Å². The number of thiophene rings is 1. The van der Waals surface area contributed by atoms with Crippen LogP contribution in [0.15, 0.2) is 29.6 Å². The zero-order valence-corrected chi connectivity index (χ0v) is 17.0. The van der Waals surface area contributed by atoms with Crippen LogP contribution < -0.4 is 5.32 Å². The normalized spacial score (nSPS) is 12.5. The van der Waals surface area contributed by atoms with Crippen LogP contribution in [0.3, 0.4) is 0 Å². The van der Waals surface area contributed by atoms with Gasteiger partial charge in [0, 0.05) is 0 Å². The standard InChI is InChI=1S/C20H18N2O7S/c1-3-28-20(27)13-6-7-30-17(13)21-15(23)10-29-16(24)9-22-18(25)12-5-4-11(2)8-14(12)19(22)26/h4-8H,3,9-10H2,1-2H3,(H,21,23). The molecule has 0 radical (unpaired) electrons. The molecule has 0 saturated carbocycles. The number of fused-ring (bicyclic) bond motifs is 1. The van der Waals surface area contributed by atoms with Crippen molar-refractivity contribution in [3.63, 3.8) is 0 Å². The summed E-state index contributed by atoms with van der Waals surface area (Å²) < 4.78 is 9.77. The van der Waals surface area contributed by atoms with Crippen LogP contribution in [0.25, 0.3) is 0 Å². The van der Waals surface area contributed by atoms with E-state index < -0.39 is 42.8 Å². The Morgan fingerprint density at radius 2 is 1.80 bits per heavy atom. The second-order valence-electron chi connectivity index (χ2n) is 6.34.